The van der Waals surface area contributed by atoms with Crippen LogP contribution in [0.5, 0.6) is 0 Å². The van der Waals surface area contributed by atoms with Gasteiger partial charge in [-0.25, -0.2) is 9.37 Å². The second kappa shape index (κ2) is 6.66. The number of aromatic nitrogens is 2. The predicted molar refractivity (Wildman–Crippen MR) is 76.8 cm³/mol. The molecule has 0 fully saturated rings. The van der Waals surface area contributed by atoms with Gasteiger partial charge in [-0.2, -0.15) is 0 Å². The lowest BCUT2D eigenvalue weighted by Crippen LogP contribution is -2.34. The molecule has 108 valence electrons. The molecule has 0 aliphatic heterocycles. The average Bonchev–Trinajstić information content (AvgIpc) is 2.91. The third-order valence-corrected chi connectivity index (χ3v) is 3.54. The van der Waals surface area contributed by atoms with Crippen LogP contribution in [0.25, 0.3) is 0 Å². The van der Waals surface area contributed by atoms with E-state index in [1.165, 1.54) is 12.1 Å². The zero-order valence-electron chi connectivity index (χ0n) is 11.8. The van der Waals surface area contributed by atoms with Crippen LogP contribution in [-0.2, 0) is 13.0 Å². The van der Waals surface area contributed by atoms with Crippen molar-refractivity contribution in [3.05, 3.63) is 54.4 Å². The Morgan fingerprint density at radius 1 is 1.25 bits per heavy atom. The maximum Gasteiger partial charge on any atom is 0.123 e. The van der Waals surface area contributed by atoms with Crippen LogP contribution in [0.15, 0.2) is 43.0 Å². The summed E-state index contributed by atoms with van der Waals surface area (Å²) < 4.78 is 14.8. The number of benzene rings is 1. The minimum absolute atomic E-state index is 0.226. The smallest absolute Gasteiger partial charge is 0.123 e. The first-order chi connectivity index (χ1) is 9.61. The fraction of sp³-hybridized carbons (Fsp3) is 0.438. The molecule has 0 radical (unpaired) electrons. The molecule has 0 amide bonds. The van der Waals surface area contributed by atoms with Gasteiger partial charge in [0.1, 0.15) is 5.82 Å². The van der Waals surface area contributed by atoms with Gasteiger partial charge in [0.05, 0.1) is 18.5 Å². The molecule has 1 atom stereocenters. The van der Waals surface area contributed by atoms with Crippen LogP contribution < -0.4 is 0 Å². The normalized spacial score (nSPS) is 14.2. The second-order valence-corrected chi connectivity index (χ2v) is 5.34. The molecule has 4 heteroatoms. The van der Waals surface area contributed by atoms with Crippen molar-refractivity contribution in [1.29, 1.82) is 0 Å². The first kappa shape index (κ1) is 14.7. The van der Waals surface area contributed by atoms with Crippen molar-refractivity contribution in [3.8, 4) is 0 Å². The molecule has 0 spiro atoms. The Labute approximate surface area is 119 Å². The van der Waals surface area contributed by atoms with E-state index in [9.17, 15) is 9.50 Å². The molecule has 1 heterocycles. The van der Waals surface area contributed by atoms with Crippen LogP contribution in [0.3, 0.4) is 0 Å². The van der Waals surface area contributed by atoms with Gasteiger partial charge >= 0.3 is 0 Å². The molecule has 1 N–H and O–H groups in total. The van der Waals surface area contributed by atoms with E-state index in [0.717, 1.165) is 24.8 Å². The number of halogens is 1. The average molecular weight is 276 g/mol. The minimum Gasteiger partial charge on any atom is -0.388 e. The monoisotopic (exact) mass is 276 g/mol. The minimum atomic E-state index is -0.746. The molecular weight excluding hydrogens is 255 g/mol. The summed E-state index contributed by atoms with van der Waals surface area (Å²) in [6.45, 7) is 2.61. The first-order valence-corrected chi connectivity index (χ1v) is 7.04. The molecule has 0 saturated carbocycles. The predicted octanol–water partition coefficient (Wildman–Crippen LogP) is 3.19. The van der Waals surface area contributed by atoms with Crippen molar-refractivity contribution in [2.24, 2.45) is 0 Å². The van der Waals surface area contributed by atoms with Crippen LogP contribution in [-0.4, -0.2) is 20.3 Å². The molecule has 2 aromatic rings. The summed E-state index contributed by atoms with van der Waals surface area (Å²) >= 11 is 0. The van der Waals surface area contributed by atoms with Gasteiger partial charge in [-0.1, -0.05) is 25.5 Å². The number of imidazole rings is 1. The molecule has 2 rings (SSSR count). The number of nitrogens with zero attached hydrogens (tertiary/aromatic N) is 2. The molecule has 1 aromatic heterocycles. The van der Waals surface area contributed by atoms with Crippen LogP contribution in [0, 0.1) is 5.82 Å². The van der Waals surface area contributed by atoms with Crippen molar-refractivity contribution in [1.82, 2.24) is 9.55 Å². The number of hydrogen-bond acceptors (Lipinski definition) is 2. The van der Waals surface area contributed by atoms with Gasteiger partial charge in [0.15, 0.2) is 0 Å². The van der Waals surface area contributed by atoms with Crippen LogP contribution in [0.1, 0.15) is 31.7 Å². The Balaban J connectivity index is 1.99. The SMILES string of the molecule is CCCC(O)(CCc1ccc(F)cc1)Cn1ccnc1. The molecular formula is C16H21FN2O. The molecule has 0 saturated heterocycles. The summed E-state index contributed by atoms with van der Waals surface area (Å²) in [6, 6.07) is 6.48. The van der Waals surface area contributed by atoms with E-state index in [0.29, 0.717) is 13.0 Å². The molecule has 20 heavy (non-hydrogen) atoms. The zero-order chi connectivity index (χ0) is 14.4. The van der Waals surface area contributed by atoms with Gasteiger partial charge in [-0.3, -0.25) is 0 Å². The first-order valence-electron chi connectivity index (χ1n) is 7.04. The van der Waals surface area contributed by atoms with Crippen molar-refractivity contribution < 1.29 is 9.50 Å². The van der Waals surface area contributed by atoms with E-state index in [4.69, 9.17) is 0 Å². The maximum absolute atomic E-state index is 12.9. The molecule has 0 bridgehead atoms. The van der Waals surface area contributed by atoms with E-state index < -0.39 is 5.60 Å². The number of aliphatic hydroxyl groups is 1. The molecule has 1 aromatic carbocycles. The number of aryl methyl sites for hydroxylation is 1. The van der Waals surface area contributed by atoms with Gasteiger partial charge in [0.25, 0.3) is 0 Å². The molecule has 1 unspecified atom stereocenters. The van der Waals surface area contributed by atoms with Crippen molar-refractivity contribution >= 4 is 0 Å². The number of rotatable bonds is 7. The van der Waals surface area contributed by atoms with E-state index in [1.807, 2.05) is 10.8 Å². The van der Waals surface area contributed by atoms with Crippen LogP contribution in [0.2, 0.25) is 0 Å². The summed E-state index contributed by atoms with van der Waals surface area (Å²) in [4.78, 5) is 4.00. The van der Waals surface area contributed by atoms with Crippen molar-refractivity contribution in [2.75, 3.05) is 0 Å². The Kier molecular flexibility index (Phi) is 4.90. The Morgan fingerprint density at radius 2 is 2.00 bits per heavy atom. The van der Waals surface area contributed by atoms with Crippen molar-refractivity contribution in [2.45, 2.75) is 44.8 Å². The zero-order valence-corrected chi connectivity index (χ0v) is 11.8. The largest absolute Gasteiger partial charge is 0.388 e. The van der Waals surface area contributed by atoms with Gasteiger partial charge in [0.2, 0.25) is 0 Å². The Morgan fingerprint density at radius 3 is 2.60 bits per heavy atom. The van der Waals surface area contributed by atoms with E-state index in [1.54, 1.807) is 24.7 Å². The quantitative estimate of drug-likeness (QED) is 0.843. The highest BCUT2D eigenvalue weighted by Gasteiger charge is 2.26. The van der Waals surface area contributed by atoms with Gasteiger partial charge < -0.3 is 9.67 Å². The lowest BCUT2D eigenvalue weighted by atomic mass is 9.90. The summed E-state index contributed by atoms with van der Waals surface area (Å²) in [7, 11) is 0. The van der Waals surface area contributed by atoms with Crippen molar-refractivity contribution in [3.63, 3.8) is 0 Å². The molecule has 0 aliphatic rings. The standard InChI is InChI=1S/C16H21FN2O/c1-2-8-16(20,12-19-11-10-18-13-19)9-7-14-3-5-15(17)6-4-14/h3-6,10-11,13,20H,2,7-9,12H2,1H3. The number of hydrogen-bond donors (Lipinski definition) is 1. The molecule has 3 nitrogen and oxygen atoms in total. The van der Waals surface area contributed by atoms with Gasteiger partial charge in [-0.05, 0) is 37.0 Å². The Bertz CT molecular complexity index is 510. The van der Waals surface area contributed by atoms with E-state index in [2.05, 4.69) is 11.9 Å². The second-order valence-electron chi connectivity index (χ2n) is 5.34. The summed E-state index contributed by atoms with van der Waals surface area (Å²) in [5, 5.41) is 10.8. The maximum atomic E-state index is 12.9. The third kappa shape index (κ3) is 4.17. The van der Waals surface area contributed by atoms with E-state index in [-0.39, 0.29) is 5.82 Å². The fourth-order valence-electron chi connectivity index (χ4n) is 2.50. The lowest BCUT2D eigenvalue weighted by Gasteiger charge is -2.28. The Hall–Kier alpha value is -1.68. The highest BCUT2D eigenvalue weighted by Crippen LogP contribution is 2.22. The van der Waals surface area contributed by atoms with Gasteiger partial charge in [-0.15, -0.1) is 0 Å². The van der Waals surface area contributed by atoms with Crippen LogP contribution >= 0.6 is 0 Å². The lowest BCUT2D eigenvalue weighted by molar-refractivity contribution is 0.00553. The van der Waals surface area contributed by atoms with Crippen LogP contribution in [0.4, 0.5) is 4.39 Å². The van der Waals surface area contributed by atoms with E-state index >= 15 is 0 Å². The summed E-state index contributed by atoms with van der Waals surface area (Å²) in [5.41, 5.74) is 0.302. The summed E-state index contributed by atoms with van der Waals surface area (Å²) in [5.74, 6) is -0.226. The third-order valence-electron chi connectivity index (χ3n) is 3.54. The fourth-order valence-corrected chi connectivity index (χ4v) is 2.50. The highest BCUT2D eigenvalue weighted by atomic mass is 19.1. The summed E-state index contributed by atoms with van der Waals surface area (Å²) in [6.07, 6.45) is 8.36. The van der Waals surface area contributed by atoms with Gasteiger partial charge in [0, 0.05) is 12.4 Å². The highest BCUT2D eigenvalue weighted by molar-refractivity contribution is 5.16. The topological polar surface area (TPSA) is 38.0 Å². The molecule has 0 aliphatic carbocycles.